The first-order valence-corrected chi connectivity index (χ1v) is 7.68. The number of nitrogens with zero attached hydrogens (tertiary/aromatic N) is 1. The van der Waals surface area contributed by atoms with Gasteiger partial charge in [0.25, 0.3) is 0 Å². The second kappa shape index (κ2) is 8.64. The number of esters is 1. The van der Waals surface area contributed by atoms with Gasteiger partial charge in [0.2, 0.25) is 5.91 Å². The first-order valence-electron chi connectivity index (χ1n) is 7.68. The summed E-state index contributed by atoms with van der Waals surface area (Å²) >= 11 is 0. The van der Waals surface area contributed by atoms with E-state index < -0.39 is 23.8 Å². The number of carbonyl (C=O) groups excluding carboxylic acids is 2. The Morgan fingerprint density at radius 1 is 1.14 bits per heavy atom. The summed E-state index contributed by atoms with van der Waals surface area (Å²) in [6.07, 6.45) is 3.53. The SMILES string of the molecule is CCCN(CC(=O)OCC)C(=O)[C@H]1CCCC[C@H]1C(=O)O. The van der Waals surface area contributed by atoms with Crippen LogP contribution in [0.3, 0.4) is 0 Å². The third-order valence-corrected chi connectivity index (χ3v) is 3.83. The van der Waals surface area contributed by atoms with Crippen LogP contribution in [-0.2, 0) is 19.1 Å². The lowest BCUT2D eigenvalue weighted by Gasteiger charge is -2.32. The molecule has 1 rings (SSSR count). The zero-order chi connectivity index (χ0) is 15.8. The molecule has 2 atom stereocenters. The number of ether oxygens (including phenoxy) is 1. The van der Waals surface area contributed by atoms with Crippen molar-refractivity contribution in [3.05, 3.63) is 0 Å². The predicted molar refractivity (Wildman–Crippen MR) is 76.6 cm³/mol. The van der Waals surface area contributed by atoms with Gasteiger partial charge >= 0.3 is 11.9 Å². The molecule has 0 bridgehead atoms. The van der Waals surface area contributed by atoms with Crippen LogP contribution >= 0.6 is 0 Å². The molecule has 120 valence electrons. The fourth-order valence-corrected chi connectivity index (χ4v) is 2.86. The van der Waals surface area contributed by atoms with Gasteiger partial charge < -0.3 is 14.7 Å². The van der Waals surface area contributed by atoms with Crippen molar-refractivity contribution in [3.8, 4) is 0 Å². The van der Waals surface area contributed by atoms with Crippen molar-refractivity contribution in [2.75, 3.05) is 19.7 Å². The Bertz CT molecular complexity index is 382. The zero-order valence-electron chi connectivity index (χ0n) is 12.8. The highest BCUT2D eigenvalue weighted by atomic mass is 16.5. The van der Waals surface area contributed by atoms with Crippen LogP contribution in [0.15, 0.2) is 0 Å². The number of rotatable bonds is 7. The standard InChI is InChI=1S/C15H25NO5/c1-3-9-16(10-13(17)21-4-2)14(18)11-7-5-6-8-12(11)15(19)20/h11-12H,3-10H2,1-2H3,(H,19,20)/t11-,12+/m0/s1. The van der Waals surface area contributed by atoms with E-state index >= 15 is 0 Å². The summed E-state index contributed by atoms with van der Waals surface area (Å²) in [7, 11) is 0. The smallest absolute Gasteiger partial charge is 0.325 e. The lowest BCUT2D eigenvalue weighted by atomic mass is 9.78. The first kappa shape index (κ1) is 17.5. The molecule has 0 unspecified atom stereocenters. The van der Waals surface area contributed by atoms with E-state index in [2.05, 4.69) is 0 Å². The molecule has 1 saturated carbocycles. The van der Waals surface area contributed by atoms with Crippen molar-refractivity contribution in [1.82, 2.24) is 4.90 Å². The van der Waals surface area contributed by atoms with Crippen molar-refractivity contribution in [2.45, 2.75) is 46.0 Å². The monoisotopic (exact) mass is 299 g/mol. The summed E-state index contributed by atoms with van der Waals surface area (Å²) in [5.41, 5.74) is 0. The van der Waals surface area contributed by atoms with Crippen LogP contribution in [0.2, 0.25) is 0 Å². The first-order chi connectivity index (χ1) is 10.0. The van der Waals surface area contributed by atoms with Crippen LogP contribution in [0.5, 0.6) is 0 Å². The van der Waals surface area contributed by atoms with E-state index in [1.165, 1.54) is 4.90 Å². The van der Waals surface area contributed by atoms with Gasteiger partial charge in [-0.15, -0.1) is 0 Å². The molecule has 0 spiro atoms. The Kier molecular flexibility index (Phi) is 7.19. The van der Waals surface area contributed by atoms with Gasteiger partial charge in [-0.1, -0.05) is 19.8 Å². The fourth-order valence-electron chi connectivity index (χ4n) is 2.86. The molecule has 1 N–H and O–H groups in total. The highest BCUT2D eigenvalue weighted by Gasteiger charge is 2.38. The van der Waals surface area contributed by atoms with Crippen molar-refractivity contribution in [1.29, 1.82) is 0 Å². The summed E-state index contributed by atoms with van der Waals surface area (Å²) in [6, 6.07) is 0. The Hall–Kier alpha value is -1.59. The van der Waals surface area contributed by atoms with Crippen LogP contribution in [0.25, 0.3) is 0 Å². The second-order valence-electron chi connectivity index (χ2n) is 5.40. The van der Waals surface area contributed by atoms with Crippen molar-refractivity contribution >= 4 is 17.8 Å². The van der Waals surface area contributed by atoms with Crippen LogP contribution < -0.4 is 0 Å². The summed E-state index contributed by atoms with van der Waals surface area (Å²) in [4.78, 5) is 37.0. The van der Waals surface area contributed by atoms with E-state index in [4.69, 9.17) is 4.74 Å². The highest BCUT2D eigenvalue weighted by Crippen LogP contribution is 2.31. The molecule has 6 heteroatoms. The van der Waals surface area contributed by atoms with Crippen LogP contribution in [0, 0.1) is 11.8 Å². The number of aliphatic carboxylic acids is 1. The highest BCUT2D eigenvalue weighted by molar-refractivity contribution is 5.87. The Labute approximate surface area is 125 Å². The van der Waals surface area contributed by atoms with E-state index in [-0.39, 0.29) is 19.1 Å². The van der Waals surface area contributed by atoms with Gasteiger partial charge in [0.1, 0.15) is 6.54 Å². The molecule has 0 radical (unpaired) electrons. The fraction of sp³-hybridized carbons (Fsp3) is 0.800. The summed E-state index contributed by atoms with van der Waals surface area (Å²) < 4.78 is 4.88. The lowest BCUT2D eigenvalue weighted by molar-refractivity contribution is -0.155. The van der Waals surface area contributed by atoms with Gasteiger partial charge in [-0.25, -0.2) is 0 Å². The molecular formula is C15H25NO5. The number of carboxylic acid groups (broad SMARTS) is 1. The minimum Gasteiger partial charge on any atom is -0.481 e. The molecule has 1 fully saturated rings. The van der Waals surface area contributed by atoms with Crippen molar-refractivity contribution in [3.63, 3.8) is 0 Å². The Balaban J connectivity index is 2.77. The molecule has 0 aliphatic heterocycles. The van der Waals surface area contributed by atoms with E-state index in [1.807, 2.05) is 6.92 Å². The maximum atomic E-state index is 12.6. The molecular weight excluding hydrogens is 274 g/mol. The van der Waals surface area contributed by atoms with Gasteiger partial charge in [-0.05, 0) is 26.2 Å². The molecule has 21 heavy (non-hydrogen) atoms. The lowest BCUT2D eigenvalue weighted by Crippen LogP contribution is -2.45. The van der Waals surface area contributed by atoms with E-state index in [0.717, 1.165) is 19.3 Å². The Morgan fingerprint density at radius 2 is 1.76 bits per heavy atom. The minimum absolute atomic E-state index is 0.0939. The topological polar surface area (TPSA) is 83.9 Å². The molecule has 0 heterocycles. The predicted octanol–water partition coefficient (Wildman–Crippen LogP) is 1.68. The molecule has 1 aliphatic carbocycles. The van der Waals surface area contributed by atoms with E-state index in [9.17, 15) is 19.5 Å². The Morgan fingerprint density at radius 3 is 2.29 bits per heavy atom. The summed E-state index contributed by atoms with van der Waals surface area (Å²) in [6.45, 7) is 4.25. The third-order valence-electron chi connectivity index (χ3n) is 3.83. The van der Waals surface area contributed by atoms with Crippen molar-refractivity contribution in [2.24, 2.45) is 11.8 Å². The quantitative estimate of drug-likeness (QED) is 0.723. The molecule has 6 nitrogen and oxygen atoms in total. The molecule has 1 amide bonds. The molecule has 1 aliphatic rings. The normalized spacial score (nSPS) is 21.6. The summed E-state index contributed by atoms with van der Waals surface area (Å²) in [5, 5.41) is 9.27. The number of amides is 1. The summed E-state index contributed by atoms with van der Waals surface area (Å²) in [5.74, 6) is -2.73. The van der Waals surface area contributed by atoms with Gasteiger partial charge in [-0.2, -0.15) is 0 Å². The van der Waals surface area contributed by atoms with Gasteiger partial charge in [0, 0.05) is 6.54 Å². The van der Waals surface area contributed by atoms with Crippen LogP contribution in [0.4, 0.5) is 0 Å². The molecule has 0 aromatic rings. The largest absolute Gasteiger partial charge is 0.481 e. The maximum absolute atomic E-state index is 12.6. The van der Waals surface area contributed by atoms with Crippen LogP contribution in [0.1, 0.15) is 46.0 Å². The molecule has 0 saturated heterocycles. The maximum Gasteiger partial charge on any atom is 0.325 e. The zero-order valence-corrected chi connectivity index (χ0v) is 12.8. The van der Waals surface area contributed by atoms with Crippen molar-refractivity contribution < 1.29 is 24.2 Å². The number of hydrogen-bond acceptors (Lipinski definition) is 4. The van der Waals surface area contributed by atoms with Gasteiger partial charge in [-0.3, -0.25) is 14.4 Å². The average molecular weight is 299 g/mol. The van der Waals surface area contributed by atoms with E-state index in [0.29, 0.717) is 19.4 Å². The van der Waals surface area contributed by atoms with Gasteiger partial charge in [0.05, 0.1) is 18.4 Å². The second-order valence-corrected chi connectivity index (χ2v) is 5.40. The number of carbonyl (C=O) groups is 3. The minimum atomic E-state index is -0.916. The number of hydrogen-bond donors (Lipinski definition) is 1. The average Bonchev–Trinajstić information content (AvgIpc) is 2.46. The third kappa shape index (κ3) is 5.02. The number of carboxylic acids is 1. The molecule has 0 aromatic carbocycles. The molecule has 0 aromatic heterocycles. The van der Waals surface area contributed by atoms with E-state index in [1.54, 1.807) is 6.92 Å². The van der Waals surface area contributed by atoms with Crippen LogP contribution in [-0.4, -0.2) is 47.5 Å². The van der Waals surface area contributed by atoms with Gasteiger partial charge in [0.15, 0.2) is 0 Å².